The number of halogens is 1. The van der Waals surface area contributed by atoms with Crippen molar-refractivity contribution in [3.63, 3.8) is 0 Å². The Kier molecular flexibility index (Phi) is 5.59. The molecule has 0 saturated heterocycles. The molecule has 130 valence electrons. The zero-order valence-corrected chi connectivity index (χ0v) is 14.3. The van der Waals surface area contributed by atoms with Gasteiger partial charge in [-0.25, -0.2) is 9.18 Å². The number of methoxy groups -OCH3 is 1. The van der Waals surface area contributed by atoms with Gasteiger partial charge >= 0.3 is 5.97 Å². The van der Waals surface area contributed by atoms with E-state index < -0.39 is 17.8 Å². The molecule has 24 heavy (non-hydrogen) atoms. The van der Waals surface area contributed by atoms with Crippen LogP contribution in [0.4, 0.5) is 4.39 Å². The van der Waals surface area contributed by atoms with E-state index in [4.69, 9.17) is 9.47 Å². The summed E-state index contributed by atoms with van der Waals surface area (Å²) < 4.78 is 24.1. The lowest BCUT2D eigenvalue weighted by Gasteiger charge is -2.27. The number of hydrogen-bond donors (Lipinski definition) is 0. The molecule has 0 fully saturated rings. The predicted octanol–water partition coefficient (Wildman–Crippen LogP) is 2.83. The van der Waals surface area contributed by atoms with Gasteiger partial charge in [-0.2, -0.15) is 0 Å². The van der Waals surface area contributed by atoms with E-state index in [9.17, 15) is 14.0 Å². The van der Waals surface area contributed by atoms with Crippen molar-refractivity contribution in [2.45, 2.75) is 33.2 Å². The van der Waals surface area contributed by atoms with Crippen LogP contribution in [0, 0.1) is 18.7 Å². The van der Waals surface area contributed by atoms with Crippen molar-refractivity contribution in [1.82, 2.24) is 4.90 Å². The van der Waals surface area contributed by atoms with E-state index in [-0.39, 0.29) is 24.1 Å². The normalized spacial score (nSPS) is 15.5. The van der Waals surface area contributed by atoms with Gasteiger partial charge < -0.3 is 14.4 Å². The Bertz CT molecular complexity index is 669. The first-order chi connectivity index (χ1) is 11.3. The maximum atomic E-state index is 13.8. The predicted molar refractivity (Wildman–Crippen MR) is 86.8 cm³/mol. The summed E-state index contributed by atoms with van der Waals surface area (Å²) in [6, 6.07) is 3.84. The Morgan fingerprint density at radius 2 is 2.08 bits per heavy atom. The summed E-state index contributed by atoms with van der Waals surface area (Å²) in [7, 11) is 1.29. The molecule has 0 bridgehead atoms. The van der Waals surface area contributed by atoms with Gasteiger partial charge in [-0.15, -0.1) is 0 Å². The van der Waals surface area contributed by atoms with Crippen LogP contribution >= 0.6 is 0 Å². The van der Waals surface area contributed by atoms with Crippen LogP contribution in [0.15, 0.2) is 30.0 Å². The third kappa shape index (κ3) is 4.13. The summed E-state index contributed by atoms with van der Waals surface area (Å²) >= 11 is 0. The molecule has 1 aromatic rings. The number of nitrogens with zero attached hydrogens (tertiary/aromatic N) is 1. The summed E-state index contributed by atoms with van der Waals surface area (Å²) in [6.45, 7) is 5.86. The van der Waals surface area contributed by atoms with E-state index in [0.29, 0.717) is 12.2 Å². The molecule has 1 unspecified atom stereocenters. The monoisotopic (exact) mass is 335 g/mol. The number of carbonyl (C=O) groups excluding carboxylic acids is 2. The van der Waals surface area contributed by atoms with Crippen LogP contribution in [0.5, 0.6) is 5.75 Å². The lowest BCUT2D eigenvalue weighted by molar-refractivity contribution is -0.151. The van der Waals surface area contributed by atoms with Crippen LogP contribution in [-0.2, 0) is 14.3 Å². The van der Waals surface area contributed by atoms with Crippen molar-refractivity contribution in [2.75, 3.05) is 13.7 Å². The summed E-state index contributed by atoms with van der Waals surface area (Å²) in [5, 5.41) is 0. The Morgan fingerprint density at radius 3 is 2.71 bits per heavy atom. The van der Waals surface area contributed by atoms with Crippen LogP contribution in [0.1, 0.15) is 25.8 Å². The minimum Gasteiger partial charge on any atom is -0.467 e. The molecule has 1 aromatic carbocycles. The lowest BCUT2D eigenvalue weighted by atomic mass is 10.0. The molecule has 5 nitrogen and oxygen atoms in total. The smallest absolute Gasteiger partial charge is 0.328 e. The van der Waals surface area contributed by atoms with Crippen LogP contribution in [0.3, 0.4) is 0 Å². The van der Waals surface area contributed by atoms with Crippen LogP contribution in [-0.4, -0.2) is 36.5 Å². The highest BCUT2D eigenvalue weighted by Gasteiger charge is 2.35. The first kappa shape index (κ1) is 18.0. The standard InChI is InChI=1S/C18H22FNO4/c1-11(2)7-15(18(22)23-4)20-10-13(9-17(20)21)24-16-8-12(3)5-6-14(16)19/h5-6,8-9,11,15H,7,10H2,1-4H3. The maximum absolute atomic E-state index is 13.8. The summed E-state index contributed by atoms with van der Waals surface area (Å²) in [6.07, 6.45) is 1.77. The second kappa shape index (κ2) is 7.47. The van der Waals surface area contributed by atoms with Crippen molar-refractivity contribution in [3.05, 3.63) is 41.4 Å². The number of esters is 1. The van der Waals surface area contributed by atoms with E-state index >= 15 is 0 Å². The number of carbonyl (C=O) groups is 2. The fourth-order valence-corrected chi connectivity index (χ4v) is 2.60. The zero-order chi connectivity index (χ0) is 17.9. The molecule has 1 aliphatic heterocycles. The van der Waals surface area contributed by atoms with Gasteiger partial charge in [0.15, 0.2) is 11.6 Å². The summed E-state index contributed by atoms with van der Waals surface area (Å²) in [5.74, 6) is -0.723. The third-order valence-electron chi connectivity index (χ3n) is 3.77. The van der Waals surface area contributed by atoms with E-state index in [1.54, 1.807) is 12.1 Å². The van der Waals surface area contributed by atoms with E-state index in [1.807, 2.05) is 20.8 Å². The van der Waals surface area contributed by atoms with Crippen molar-refractivity contribution >= 4 is 11.9 Å². The second-order valence-corrected chi connectivity index (χ2v) is 6.28. The Hall–Kier alpha value is -2.37. The van der Waals surface area contributed by atoms with E-state index in [1.165, 1.54) is 24.2 Å². The summed E-state index contributed by atoms with van der Waals surface area (Å²) in [4.78, 5) is 25.6. The van der Waals surface area contributed by atoms with Crippen LogP contribution < -0.4 is 4.74 Å². The second-order valence-electron chi connectivity index (χ2n) is 6.28. The van der Waals surface area contributed by atoms with Gasteiger partial charge in [0.25, 0.3) is 5.91 Å². The maximum Gasteiger partial charge on any atom is 0.328 e. The lowest BCUT2D eigenvalue weighted by Crippen LogP contribution is -2.44. The molecule has 0 saturated carbocycles. The van der Waals surface area contributed by atoms with E-state index in [0.717, 1.165) is 5.56 Å². The highest BCUT2D eigenvalue weighted by Crippen LogP contribution is 2.25. The number of ether oxygens (including phenoxy) is 2. The Morgan fingerprint density at radius 1 is 1.38 bits per heavy atom. The van der Waals surface area contributed by atoms with Crippen LogP contribution in [0.25, 0.3) is 0 Å². The quantitative estimate of drug-likeness (QED) is 0.750. The molecule has 0 N–H and O–H groups in total. The molecular weight excluding hydrogens is 313 g/mol. The van der Waals surface area contributed by atoms with E-state index in [2.05, 4.69) is 0 Å². The van der Waals surface area contributed by atoms with Crippen molar-refractivity contribution < 1.29 is 23.5 Å². The minimum atomic E-state index is -0.679. The molecule has 0 aliphatic carbocycles. The minimum absolute atomic E-state index is 0.0642. The highest BCUT2D eigenvalue weighted by atomic mass is 19.1. The zero-order valence-electron chi connectivity index (χ0n) is 14.3. The number of benzene rings is 1. The summed E-state index contributed by atoms with van der Waals surface area (Å²) in [5.41, 5.74) is 0.848. The molecule has 2 rings (SSSR count). The van der Waals surface area contributed by atoms with Gasteiger partial charge in [0.1, 0.15) is 11.8 Å². The fourth-order valence-electron chi connectivity index (χ4n) is 2.60. The van der Waals surface area contributed by atoms with Gasteiger partial charge in [0, 0.05) is 6.08 Å². The molecule has 1 atom stereocenters. The first-order valence-corrected chi connectivity index (χ1v) is 7.84. The first-order valence-electron chi connectivity index (χ1n) is 7.84. The van der Waals surface area contributed by atoms with Gasteiger partial charge in [0.05, 0.1) is 13.7 Å². The van der Waals surface area contributed by atoms with Crippen molar-refractivity contribution in [2.24, 2.45) is 5.92 Å². The molecule has 0 radical (unpaired) electrons. The van der Waals surface area contributed by atoms with Crippen molar-refractivity contribution in [1.29, 1.82) is 0 Å². The Balaban J connectivity index is 2.14. The van der Waals surface area contributed by atoms with Gasteiger partial charge in [-0.1, -0.05) is 19.9 Å². The molecule has 0 aromatic heterocycles. The van der Waals surface area contributed by atoms with Gasteiger partial charge in [-0.3, -0.25) is 4.79 Å². The van der Waals surface area contributed by atoms with Gasteiger partial charge in [0.2, 0.25) is 0 Å². The molecule has 6 heteroatoms. The average Bonchev–Trinajstić information content (AvgIpc) is 2.88. The molecule has 1 aliphatic rings. The number of amides is 1. The Labute approximate surface area is 141 Å². The highest BCUT2D eigenvalue weighted by molar-refractivity contribution is 5.94. The molecular formula is C18H22FNO4. The van der Waals surface area contributed by atoms with Crippen LogP contribution in [0.2, 0.25) is 0 Å². The topological polar surface area (TPSA) is 55.8 Å². The van der Waals surface area contributed by atoms with Gasteiger partial charge in [-0.05, 0) is 37.0 Å². The number of rotatable bonds is 6. The van der Waals surface area contributed by atoms with Crippen molar-refractivity contribution in [3.8, 4) is 5.75 Å². The average molecular weight is 335 g/mol. The third-order valence-corrected chi connectivity index (χ3v) is 3.77. The fraction of sp³-hybridized carbons (Fsp3) is 0.444. The molecule has 1 amide bonds. The SMILES string of the molecule is COC(=O)C(CC(C)C)N1CC(Oc2cc(C)ccc2F)=CC1=O. The molecule has 1 heterocycles. The number of hydrogen-bond acceptors (Lipinski definition) is 4. The largest absolute Gasteiger partial charge is 0.467 e. The molecule has 0 spiro atoms. The number of aryl methyl sites for hydroxylation is 1.